The highest BCUT2D eigenvalue weighted by molar-refractivity contribution is 6.31. The van der Waals surface area contributed by atoms with E-state index in [0.717, 1.165) is 16.5 Å². The van der Waals surface area contributed by atoms with Gasteiger partial charge in [-0.2, -0.15) is 0 Å². The molecule has 0 amide bonds. The molecule has 0 saturated carbocycles. The first-order valence-corrected chi connectivity index (χ1v) is 6.67. The third-order valence-corrected chi connectivity index (χ3v) is 3.43. The highest BCUT2D eigenvalue weighted by Gasteiger charge is 2.13. The van der Waals surface area contributed by atoms with Crippen LogP contribution in [0.1, 0.15) is 23.5 Å². The molecule has 0 fully saturated rings. The Labute approximate surface area is 118 Å². The molecule has 2 aromatic rings. The zero-order valence-electron chi connectivity index (χ0n) is 9.94. The van der Waals surface area contributed by atoms with Crippen LogP contribution in [0.25, 0.3) is 0 Å². The van der Waals surface area contributed by atoms with Crippen molar-refractivity contribution in [1.29, 1.82) is 0 Å². The lowest BCUT2D eigenvalue weighted by Crippen LogP contribution is -2.08. The predicted octanol–water partition coefficient (Wildman–Crippen LogP) is 4.47. The van der Waals surface area contributed by atoms with Crippen molar-refractivity contribution in [3.8, 4) is 0 Å². The van der Waals surface area contributed by atoms with Crippen LogP contribution in [0.4, 0.5) is 0 Å². The molecule has 94 valence electrons. The number of halogens is 2. The summed E-state index contributed by atoms with van der Waals surface area (Å²) in [5.41, 5.74) is 8.07. The first-order chi connectivity index (χ1) is 8.70. The van der Waals surface area contributed by atoms with E-state index in [1.165, 1.54) is 11.1 Å². The van der Waals surface area contributed by atoms with Crippen molar-refractivity contribution in [3.05, 3.63) is 69.7 Å². The SMILES string of the molecule is NCCC(c1cccc(Cl)c1)c1cccc(Cl)c1. The molecule has 0 unspecified atom stereocenters. The number of hydrogen-bond acceptors (Lipinski definition) is 1. The van der Waals surface area contributed by atoms with Gasteiger partial charge in [-0.15, -0.1) is 0 Å². The maximum Gasteiger partial charge on any atom is 0.0408 e. The van der Waals surface area contributed by atoms with Crippen molar-refractivity contribution in [2.75, 3.05) is 6.54 Å². The standard InChI is InChI=1S/C15H15Cl2N/c16-13-5-1-3-11(9-13)15(7-8-18)12-4-2-6-14(17)10-12/h1-6,9-10,15H,7-8,18H2. The summed E-state index contributed by atoms with van der Waals surface area (Å²) < 4.78 is 0. The molecule has 0 aliphatic rings. The van der Waals surface area contributed by atoms with E-state index in [1.54, 1.807) is 0 Å². The molecule has 3 heteroatoms. The summed E-state index contributed by atoms with van der Waals surface area (Å²) in [6.07, 6.45) is 0.876. The van der Waals surface area contributed by atoms with Gasteiger partial charge in [-0.25, -0.2) is 0 Å². The molecule has 2 N–H and O–H groups in total. The van der Waals surface area contributed by atoms with Crippen LogP contribution in [0.5, 0.6) is 0 Å². The summed E-state index contributed by atoms with van der Waals surface area (Å²) in [6, 6.07) is 15.8. The zero-order valence-corrected chi connectivity index (χ0v) is 11.5. The molecule has 2 rings (SSSR count). The Morgan fingerprint density at radius 1 is 0.889 bits per heavy atom. The van der Waals surface area contributed by atoms with E-state index in [0.29, 0.717) is 6.54 Å². The largest absolute Gasteiger partial charge is 0.330 e. The van der Waals surface area contributed by atoms with Crippen molar-refractivity contribution in [2.24, 2.45) is 5.73 Å². The molecule has 0 aliphatic carbocycles. The number of nitrogens with two attached hydrogens (primary N) is 1. The average Bonchev–Trinajstić information content (AvgIpc) is 2.36. The first kappa shape index (κ1) is 13.4. The Morgan fingerprint density at radius 3 is 1.78 bits per heavy atom. The van der Waals surface area contributed by atoms with Gasteiger partial charge in [0.2, 0.25) is 0 Å². The second-order valence-corrected chi connectivity index (χ2v) is 5.11. The maximum absolute atomic E-state index is 6.05. The van der Waals surface area contributed by atoms with Crippen LogP contribution in [-0.2, 0) is 0 Å². The van der Waals surface area contributed by atoms with Crippen LogP contribution >= 0.6 is 23.2 Å². The fourth-order valence-electron chi connectivity index (χ4n) is 2.14. The van der Waals surface area contributed by atoms with Crippen molar-refractivity contribution >= 4 is 23.2 Å². The average molecular weight is 280 g/mol. The van der Waals surface area contributed by atoms with Gasteiger partial charge in [0.15, 0.2) is 0 Å². The summed E-state index contributed by atoms with van der Waals surface area (Å²) in [4.78, 5) is 0. The van der Waals surface area contributed by atoms with Gasteiger partial charge in [0.1, 0.15) is 0 Å². The quantitative estimate of drug-likeness (QED) is 0.878. The molecular weight excluding hydrogens is 265 g/mol. The summed E-state index contributed by atoms with van der Waals surface area (Å²) in [5.74, 6) is 0.243. The van der Waals surface area contributed by atoms with Crippen LogP contribution in [0.2, 0.25) is 10.0 Å². The van der Waals surface area contributed by atoms with Gasteiger partial charge < -0.3 is 5.73 Å². The van der Waals surface area contributed by atoms with Crippen LogP contribution in [0.3, 0.4) is 0 Å². The maximum atomic E-state index is 6.05. The number of benzene rings is 2. The third kappa shape index (κ3) is 3.26. The molecule has 0 radical (unpaired) electrons. The normalized spacial score (nSPS) is 10.9. The lowest BCUT2D eigenvalue weighted by Gasteiger charge is -2.17. The minimum atomic E-state index is 0.243. The fourth-order valence-corrected chi connectivity index (χ4v) is 2.54. The highest BCUT2D eigenvalue weighted by atomic mass is 35.5. The van der Waals surface area contributed by atoms with Crippen molar-refractivity contribution in [1.82, 2.24) is 0 Å². The van der Waals surface area contributed by atoms with Gasteiger partial charge in [-0.3, -0.25) is 0 Å². The molecule has 0 heterocycles. The van der Waals surface area contributed by atoms with E-state index >= 15 is 0 Å². The molecule has 0 atom stereocenters. The number of hydrogen-bond donors (Lipinski definition) is 1. The van der Waals surface area contributed by atoms with Crippen molar-refractivity contribution in [3.63, 3.8) is 0 Å². The Morgan fingerprint density at radius 2 is 1.39 bits per heavy atom. The Balaban J connectivity index is 2.39. The molecule has 0 aliphatic heterocycles. The van der Waals surface area contributed by atoms with Crippen LogP contribution < -0.4 is 5.73 Å². The van der Waals surface area contributed by atoms with Gasteiger partial charge >= 0.3 is 0 Å². The van der Waals surface area contributed by atoms with Gasteiger partial charge in [0.25, 0.3) is 0 Å². The third-order valence-electron chi connectivity index (χ3n) is 2.96. The van der Waals surface area contributed by atoms with E-state index in [1.807, 2.05) is 36.4 Å². The summed E-state index contributed by atoms with van der Waals surface area (Å²) >= 11 is 12.1. The molecule has 0 aromatic heterocycles. The topological polar surface area (TPSA) is 26.0 Å². The molecule has 1 nitrogen and oxygen atoms in total. The smallest absolute Gasteiger partial charge is 0.0408 e. The van der Waals surface area contributed by atoms with Gasteiger partial charge in [0.05, 0.1) is 0 Å². The van der Waals surface area contributed by atoms with E-state index in [9.17, 15) is 0 Å². The second-order valence-electron chi connectivity index (χ2n) is 4.24. The van der Waals surface area contributed by atoms with Crippen molar-refractivity contribution in [2.45, 2.75) is 12.3 Å². The highest BCUT2D eigenvalue weighted by Crippen LogP contribution is 2.30. The Kier molecular flexibility index (Phi) is 4.65. The fraction of sp³-hybridized carbons (Fsp3) is 0.200. The van der Waals surface area contributed by atoms with Crippen LogP contribution in [0, 0.1) is 0 Å². The zero-order chi connectivity index (χ0) is 13.0. The minimum absolute atomic E-state index is 0.243. The molecule has 2 aromatic carbocycles. The molecule has 18 heavy (non-hydrogen) atoms. The summed E-state index contributed by atoms with van der Waals surface area (Å²) in [7, 11) is 0. The van der Waals surface area contributed by atoms with E-state index in [2.05, 4.69) is 12.1 Å². The lowest BCUT2D eigenvalue weighted by molar-refractivity contribution is 0.726. The second kappa shape index (κ2) is 6.24. The molecule has 0 spiro atoms. The van der Waals surface area contributed by atoms with E-state index < -0.39 is 0 Å². The Bertz CT molecular complexity index is 480. The van der Waals surface area contributed by atoms with Crippen LogP contribution in [-0.4, -0.2) is 6.54 Å². The summed E-state index contributed by atoms with van der Waals surface area (Å²) in [5, 5.41) is 1.49. The predicted molar refractivity (Wildman–Crippen MR) is 78.4 cm³/mol. The lowest BCUT2D eigenvalue weighted by atomic mass is 9.88. The first-order valence-electron chi connectivity index (χ1n) is 5.91. The number of rotatable bonds is 4. The van der Waals surface area contributed by atoms with Gasteiger partial charge in [-0.05, 0) is 48.4 Å². The van der Waals surface area contributed by atoms with E-state index in [-0.39, 0.29) is 5.92 Å². The molecular formula is C15H15Cl2N. The minimum Gasteiger partial charge on any atom is -0.330 e. The van der Waals surface area contributed by atoms with Gasteiger partial charge in [0, 0.05) is 16.0 Å². The van der Waals surface area contributed by atoms with E-state index in [4.69, 9.17) is 28.9 Å². The monoisotopic (exact) mass is 279 g/mol. The summed E-state index contributed by atoms with van der Waals surface area (Å²) in [6.45, 7) is 0.629. The Hall–Kier alpha value is -1.02. The van der Waals surface area contributed by atoms with Gasteiger partial charge in [-0.1, -0.05) is 47.5 Å². The molecule has 0 bridgehead atoms. The molecule has 0 saturated heterocycles. The van der Waals surface area contributed by atoms with Crippen LogP contribution in [0.15, 0.2) is 48.5 Å². The van der Waals surface area contributed by atoms with Crippen molar-refractivity contribution < 1.29 is 0 Å².